The molecule has 0 radical (unpaired) electrons. The fourth-order valence-corrected chi connectivity index (χ4v) is 8.06. The van der Waals surface area contributed by atoms with Crippen molar-refractivity contribution in [1.29, 1.82) is 0 Å². The van der Waals surface area contributed by atoms with Crippen molar-refractivity contribution in [3.63, 3.8) is 0 Å². The summed E-state index contributed by atoms with van der Waals surface area (Å²) in [6.07, 6.45) is 16.7. The van der Waals surface area contributed by atoms with Gasteiger partial charge in [-0.15, -0.1) is 0 Å². The first-order valence-corrected chi connectivity index (χ1v) is 13.0. The number of benzene rings is 2. The van der Waals surface area contributed by atoms with Crippen LogP contribution in [-0.4, -0.2) is 40.0 Å². The smallest absolute Gasteiger partial charge is 0.235 e. The van der Waals surface area contributed by atoms with Gasteiger partial charge in [0.05, 0.1) is 23.9 Å². The Morgan fingerprint density at radius 3 is 1.71 bits per heavy atom. The summed E-state index contributed by atoms with van der Waals surface area (Å²) in [5, 5.41) is 0. The van der Waals surface area contributed by atoms with E-state index in [9.17, 15) is 0 Å². The van der Waals surface area contributed by atoms with Crippen LogP contribution in [0.4, 0.5) is 0 Å². The van der Waals surface area contributed by atoms with Crippen LogP contribution in [0.15, 0.2) is 48.5 Å². The summed E-state index contributed by atoms with van der Waals surface area (Å²) in [4.78, 5) is 2.90. The maximum Gasteiger partial charge on any atom is 0.235 e. The van der Waals surface area contributed by atoms with Crippen molar-refractivity contribution in [1.82, 2.24) is 4.90 Å². The highest BCUT2D eigenvalue weighted by atomic mass is 15.4. The van der Waals surface area contributed by atoms with E-state index in [0.717, 1.165) is 12.1 Å². The molecule has 2 nitrogen and oxygen atoms in total. The van der Waals surface area contributed by atoms with Crippen LogP contribution in [0, 0.1) is 0 Å². The molecule has 1 heterocycles. The lowest BCUT2D eigenvalue weighted by Gasteiger charge is -2.49. The number of hydrogen-bond acceptors (Lipinski definition) is 1. The summed E-state index contributed by atoms with van der Waals surface area (Å²) >= 11 is 0. The quantitative estimate of drug-likeness (QED) is 0.546. The Bertz CT molecular complexity index is 963. The predicted molar refractivity (Wildman–Crippen MR) is 126 cm³/mol. The molecule has 2 heteroatoms. The van der Waals surface area contributed by atoms with Crippen LogP contribution in [0.3, 0.4) is 0 Å². The molecular formula is C29H35N2+. The van der Waals surface area contributed by atoms with Crippen LogP contribution in [0.25, 0.3) is 0 Å². The minimum Gasteiger partial charge on any atom is -0.258 e. The van der Waals surface area contributed by atoms with Crippen molar-refractivity contribution in [3.05, 3.63) is 70.8 Å². The largest absolute Gasteiger partial charge is 0.258 e. The van der Waals surface area contributed by atoms with Gasteiger partial charge in [-0.3, -0.25) is 9.48 Å². The van der Waals surface area contributed by atoms with E-state index in [1.54, 1.807) is 22.3 Å². The van der Waals surface area contributed by atoms with Crippen molar-refractivity contribution in [2.75, 3.05) is 0 Å². The van der Waals surface area contributed by atoms with Gasteiger partial charge in [-0.1, -0.05) is 61.4 Å². The second-order valence-electron chi connectivity index (χ2n) is 10.8. The monoisotopic (exact) mass is 411 g/mol. The fourth-order valence-electron chi connectivity index (χ4n) is 8.06. The summed E-state index contributed by atoms with van der Waals surface area (Å²) < 4.78 is 2.90. The highest BCUT2D eigenvalue weighted by molar-refractivity contribution is 5.63. The van der Waals surface area contributed by atoms with Crippen molar-refractivity contribution in [3.8, 4) is 0 Å². The third-order valence-corrected chi connectivity index (χ3v) is 9.31. The Hall–Kier alpha value is -2.09. The Morgan fingerprint density at radius 1 is 0.613 bits per heavy atom. The zero-order valence-electron chi connectivity index (χ0n) is 18.6. The van der Waals surface area contributed by atoms with Gasteiger partial charge in [0, 0.05) is 0 Å². The number of rotatable bonds is 2. The highest BCUT2D eigenvalue weighted by Crippen LogP contribution is 2.57. The Morgan fingerprint density at radius 2 is 1.13 bits per heavy atom. The molecule has 6 aliphatic rings. The van der Waals surface area contributed by atoms with Crippen LogP contribution in [0.5, 0.6) is 0 Å². The first-order chi connectivity index (χ1) is 15.4. The maximum absolute atomic E-state index is 2.90. The molecular weight excluding hydrogens is 376 g/mol. The van der Waals surface area contributed by atoms with E-state index in [-0.39, 0.29) is 0 Å². The van der Waals surface area contributed by atoms with Crippen molar-refractivity contribution in [2.24, 2.45) is 0 Å². The summed E-state index contributed by atoms with van der Waals surface area (Å²) in [6, 6.07) is 21.6. The molecule has 2 aromatic rings. The second kappa shape index (κ2) is 7.22. The summed E-state index contributed by atoms with van der Waals surface area (Å²) in [7, 11) is 0. The lowest BCUT2D eigenvalue weighted by Crippen LogP contribution is -2.56. The average Bonchev–Trinajstić information content (AvgIpc) is 3.26. The zero-order valence-corrected chi connectivity index (χ0v) is 18.6. The average molecular weight is 412 g/mol. The molecule has 2 fully saturated rings. The van der Waals surface area contributed by atoms with E-state index in [1.165, 1.54) is 64.2 Å². The highest BCUT2D eigenvalue weighted by Gasteiger charge is 2.61. The molecule has 31 heavy (non-hydrogen) atoms. The van der Waals surface area contributed by atoms with Crippen LogP contribution in [0.2, 0.25) is 0 Å². The van der Waals surface area contributed by atoms with Gasteiger partial charge in [0.15, 0.2) is 0 Å². The lowest BCUT2D eigenvalue weighted by molar-refractivity contribution is -0.599. The molecule has 8 rings (SSSR count). The minimum absolute atomic E-state index is 0.522. The van der Waals surface area contributed by atoms with Gasteiger partial charge in [-0.2, -0.15) is 0 Å². The van der Waals surface area contributed by atoms with Crippen LogP contribution in [-0.2, 0) is 0 Å². The first-order valence-electron chi connectivity index (χ1n) is 13.0. The third kappa shape index (κ3) is 2.66. The topological polar surface area (TPSA) is 6.25 Å². The fraction of sp³-hybridized carbons (Fsp3) is 0.552. The molecule has 2 aromatic carbocycles. The number of hydrogen-bond donors (Lipinski definition) is 0. The van der Waals surface area contributed by atoms with E-state index in [1.807, 2.05) is 0 Å². The van der Waals surface area contributed by atoms with Gasteiger partial charge < -0.3 is 0 Å². The normalized spacial score (nSPS) is 32.4. The van der Waals surface area contributed by atoms with E-state index >= 15 is 0 Å². The minimum atomic E-state index is 0.522. The molecule has 0 spiro atoms. The Balaban J connectivity index is 1.41. The maximum atomic E-state index is 2.90. The van der Waals surface area contributed by atoms with E-state index in [0.29, 0.717) is 23.9 Å². The molecule has 2 unspecified atom stereocenters. The van der Waals surface area contributed by atoms with Gasteiger partial charge in [-0.25, -0.2) is 0 Å². The SMILES string of the molecule is C1=[N+](C2CCCCC2)C2C3c4ccccc4C(c4ccccc43)C2N1C1CCCCC1. The molecule has 0 saturated heterocycles. The van der Waals surface area contributed by atoms with E-state index < -0.39 is 0 Å². The van der Waals surface area contributed by atoms with Gasteiger partial charge in [-0.05, 0) is 73.6 Å². The molecule has 0 amide bonds. The Kier molecular flexibility index (Phi) is 4.30. The van der Waals surface area contributed by atoms with Crippen molar-refractivity contribution >= 4 is 6.34 Å². The molecule has 160 valence electrons. The Labute approximate surface area is 187 Å². The first kappa shape index (κ1) is 18.5. The van der Waals surface area contributed by atoms with Gasteiger partial charge in [0.25, 0.3) is 0 Å². The standard InChI is InChI=1S/C29H35N2/c1-3-11-20(12-4-1)30-19-31(21-13-5-2-6-14-21)29-27-24-17-9-7-15-22(24)26(28(29)30)23-16-8-10-18-25(23)27/h7-10,15-21,26-29H,1-6,11-14H2/q+1. The van der Waals surface area contributed by atoms with Crippen molar-refractivity contribution < 1.29 is 4.58 Å². The molecule has 0 aromatic heterocycles. The zero-order chi connectivity index (χ0) is 20.4. The summed E-state index contributed by atoms with van der Waals surface area (Å²) in [5.41, 5.74) is 6.47. The number of nitrogens with zero attached hydrogens (tertiary/aromatic N) is 2. The second-order valence-corrected chi connectivity index (χ2v) is 10.8. The lowest BCUT2D eigenvalue weighted by atomic mass is 9.58. The van der Waals surface area contributed by atoms with E-state index in [4.69, 9.17) is 0 Å². The van der Waals surface area contributed by atoms with Gasteiger partial charge >= 0.3 is 0 Å². The molecule has 2 saturated carbocycles. The van der Waals surface area contributed by atoms with Crippen LogP contribution < -0.4 is 0 Å². The van der Waals surface area contributed by atoms with Gasteiger partial charge in [0.1, 0.15) is 12.1 Å². The summed E-state index contributed by atoms with van der Waals surface area (Å²) in [5.74, 6) is 1.04. The molecule has 2 bridgehead atoms. The third-order valence-electron chi connectivity index (χ3n) is 9.31. The van der Waals surface area contributed by atoms with Crippen LogP contribution >= 0.6 is 0 Å². The molecule has 1 aliphatic heterocycles. The van der Waals surface area contributed by atoms with Crippen molar-refractivity contribution in [2.45, 2.75) is 100 Å². The van der Waals surface area contributed by atoms with E-state index in [2.05, 4.69) is 64.3 Å². The predicted octanol–water partition coefficient (Wildman–Crippen LogP) is 6.04. The van der Waals surface area contributed by atoms with Crippen LogP contribution in [0.1, 0.15) is 98.3 Å². The molecule has 0 N–H and O–H groups in total. The molecule has 5 aliphatic carbocycles. The molecule has 2 atom stereocenters. The summed E-state index contributed by atoms with van der Waals surface area (Å²) in [6.45, 7) is 0. The van der Waals surface area contributed by atoms with Gasteiger partial charge in [0.2, 0.25) is 6.34 Å².